The van der Waals surface area contributed by atoms with Gasteiger partial charge >= 0.3 is 0 Å². The van der Waals surface area contributed by atoms with E-state index in [-0.39, 0.29) is 6.04 Å². The van der Waals surface area contributed by atoms with Crippen molar-refractivity contribution in [3.05, 3.63) is 35.1 Å². The zero-order valence-electron chi connectivity index (χ0n) is 11.0. The Morgan fingerprint density at radius 2 is 2.26 bits per heavy atom. The standard InChI is InChI=1S/C13H17ClN4S/c1-3-11(15)6-9-4-5-10(14)7-12(9)19-13-17-16-8-18(13)2/h4-5,7-8,11H,3,6,15H2,1-2H3. The van der Waals surface area contributed by atoms with Gasteiger partial charge in [0.05, 0.1) is 0 Å². The first-order valence-electron chi connectivity index (χ1n) is 6.16. The van der Waals surface area contributed by atoms with Gasteiger partial charge in [-0.2, -0.15) is 0 Å². The predicted molar refractivity (Wildman–Crippen MR) is 78.5 cm³/mol. The van der Waals surface area contributed by atoms with Gasteiger partial charge < -0.3 is 10.3 Å². The molecule has 1 atom stereocenters. The van der Waals surface area contributed by atoms with E-state index in [1.165, 1.54) is 5.56 Å². The third-order valence-corrected chi connectivity index (χ3v) is 4.29. The summed E-state index contributed by atoms with van der Waals surface area (Å²) in [6, 6.07) is 6.06. The van der Waals surface area contributed by atoms with E-state index in [4.69, 9.17) is 17.3 Å². The average Bonchev–Trinajstić information content (AvgIpc) is 2.78. The molecule has 6 heteroatoms. The largest absolute Gasteiger partial charge is 0.327 e. The molecule has 0 aliphatic carbocycles. The Labute approximate surface area is 122 Å². The topological polar surface area (TPSA) is 56.7 Å². The van der Waals surface area contributed by atoms with Crippen LogP contribution >= 0.6 is 23.4 Å². The number of benzene rings is 1. The molecule has 1 heterocycles. The van der Waals surface area contributed by atoms with Crippen molar-refractivity contribution in [1.29, 1.82) is 0 Å². The van der Waals surface area contributed by atoms with Gasteiger partial charge in [-0.3, -0.25) is 0 Å². The van der Waals surface area contributed by atoms with Gasteiger partial charge in [0.15, 0.2) is 5.16 Å². The minimum Gasteiger partial charge on any atom is -0.327 e. The molecule has 0 radical (unpaired) electrons. The molecule has 0 amide bonds. The maximum Gasteiger partial charge on any atom is 0.195 e. The first kappa shape index (κ1) is 14.4. The molecule has 0 spiro atoms. The zero-order chi connectivity index (χ0) is 13.8. The summed E-state index contributed by atoms with van der Waals surface area (Å²) in [6.45, 7) is 2.09. The van der Waals surface area contributed by atoms with Crippen LogP contribution in [0.4, 0.5) is 0 Å². The highest BCUT2D eigenvalue weighted by atomic mass is 35.5. The lowest BCUT2D eigenvalue weighted by atomic mass is 10.1. The van der Waals surface area contributed by atoms with Crippen LogP contribution in [0.15, 0.2) is 34.6 Å². The summed E-state index contributed by atoms with van der Waals surface area (Å²) >= 11 is 7.64. The molecule has 0 saturated carbocycles. The number of hydrogen-bond acceptors (Lipinski definition) is 4. The van der Waals surface area contributed by atoms with Crippen LogP contribution in [-0.4, -0.2) is 20.8 Å². The minimum absolute atomic E-state index is 0.167. The molecule has 2 rings (SSSR count). The van der Waals surface area contributed by atoms with Crippen molar-refractivity contribution >= 4 is 23.4 Å². The quantitative estimate of drug-likeness (QED) is 0.922. The van der Waals surface area contributed by atoms with Crippen molar-refractivity contribution in [2.45, 2.75) is 35.9 Å². The highest BCUT2D eigenvalue weighted by molar-refractivity contribution is 7.99. The summed E-state index contributed by atoms with van der Waals surface area (Å²) in [5.74, 6) is 0. The Bertz CT molecular complexity index is 555. The molecule has 19 heavy (non-hydrogen) atoms. The van der Waals surface area contributed by atoms with Crippen LogP contribution in [0.2, 0.25) is 5.02 Å². The van der Waals surface area contributed by atoms with Gasteiger partial charge in [0, 0.05) is 23.0 Å². The second-order valence-electron chi connectivity index (χ2n) is 4.45. The van der Waals surface area contributed by atoms with Crippen molar-refractivity contribution in [1.82, 2.24) is 14.8 Å². The maximum absolute atomic E-state index is 6.08. The third-order valence-electron chi connectivity index (χ3n) is 2.91. The van der Waals surface area contributed by atoms with Crippen LogP contribution < -0.4 is 5.73 Å². The van der Waals surface area contributed by atoms with Gasteiger partial charge in [-0.25, -0.2) is 0 Å². The number of nitrogens with two attached hydrogens (primary N) is 1. The van der Waals surface area contributed by atoms with Crippen molar-refractivity contribution in [2.75, 3.05) is 0 Å². The number of nitrogens with zero attached hydrogens (tertiary/aromatic N) is 3. The molecule has 2 aromatic rings. The van der Waals surface area contributed by atoms with Crippen LogP contribution in [0, 0.1) is 0 Å². The summed E-state index contributed by atoms with van der Waals surface area (Å²) in [7, 11) is 1.92. The van der Waals surface area contributed by atoms with Gasteiger partial charge in [-0.05, 0) is 42.3 Å². The van der Waals surface area contributed by atoms with Crippen LogP contribution in [-0.2, 0) is 13.5 Å². The van der Waals surface area contributed by atoms with E-state index >= 15 is 0 Å². The molecule has 102 valence electrons. The molecule has 0 bridgehead atoms. The van der Waals surface area contributed by atoms with Crippen LogP contribution in [0.1, 0.15) is 18.9 Å². The van der Waals surface area contributed by atoms with E-state index in [9.17, 15) is 0 Å². The number of aryl methyl sites for hydroxylation is 1. The lowest BCUT2D eigenvalue weighted by Crippen LogP contribution is -2.21. The number of rotatable bonds is 5. The highest BCUT2D eigenvalue weighted by Crippen LogP contribution is 2.31. The van der Waals surface area contributed by atoms with Gasteiger partial charge in [0.2, 0.25) is 0 Å². The zero-order valence-corrected chi connectivity index (χ0v) is 12.6. The first-order valence-corrected chi connectivity index (χ1v) is 7.35. The van der Waals surface area contributed by atoms with E-state index < -0.39 is 0 Å². The second-order valence-corrected chi connectivity index (χ2v) is 5.90. The van der Waals surface area contributed by atoms with Crippen molar-refractivity contribution in [3.63, 3.8) is 0 Å². The molecule has 2 N–H and O–H groups in total. The van der Waals surface area contributed by atoms with E-state index in [0.29, 0.717) is 0 Å². The van der Waals surface area contributed by atoms with Crippen molar-refractivity contribution < 1.29 is 0 Å². The van der Waals surface area contributed by atoms with Crippen LogP contribution in [0.25, 0.3) is 0 Å². The smallest absolute Gasteiger partial charge is 0.195 e. The van der Waals surface area contributed by atoms with E-state index in [2.05, 4.69) is 17.1 Å². The normalized spacial score (nSPS) is 12.6. The summed E-state index contributed by atoms with van der Waals surface area (Å²) in [5.41, 5.74) is 7.24. The van der Waals surface area contributed by atoms with Gasteiger partial charge in [0.1, 0.15) is 6.33 Å². The SMILES string of the molecule is CCC(N)Cc1ccc(Cl)cc1Sc1nncn1C. The lowest BCUT2D eigenvalue weighted by Gasteiger charge is -2.13. The van der Waals surface area contributed by atoms with Gasteiger partial charge in [-0.15, -0.1) is 10.2 Å². The molecule has 0 saturated heterocycles. The molecular weight excluding hydrogens is 280 g/mol. The molecule has 0 aliphatic heterocycles. The fourth-order valence-electron chi connectivity index (χ4n) is 1.68. The molecule has 1 aromatic carbocycles. The molecule has 1 unspecified atom stereocenters. The maximum atomic E-state index is 6.08. The van der Waals surface area contributed by atoms with E-state index in [0.717, 1.165) is 27.9 Å². The van der Waals surface area contributed by atoms with Gasteiger partial charge in [-0.1, -0.05) is 24.6 Å². The summed E-state index contributed by atoms with van der Waals surface area (Å²) < 4.78 is 1.88. The average molecular weight is 297 g/mol. The highest BCUT2D eigenvalue weighted by Gasteiger charge is 2.11. The monoisotopic (exact) mass is 296 g/mol. The fourth-order valence-corrected chi connectivity index (χ4v) is 2.86. The van der Waals surface area contributed by atoms with Crippen molar-refractivity contribution in [2.24, 2.45) is 12.8 Å². The number of hydrogen-bond donors (Lipinski definition) is 1. The third kappa shape index (κ3) is 3.72. The fraction of sp³-hybridized carbons (Fsp3) is 0.385. The van der Waals surface area contributed by atoms with Gasteiger partial charge in [0.25, 0.3) is 0 Å². The minimum atomic E-state index is 0.167. The number of halogens is 1. The predicted octanol–water partition coefficient (Wildman–Crippen LogP) is 2.90. The van der Waals surface area contributed by atoms with E-state index in [1.807, 2.05) is 29.8 Å². The molecule has 4 nitrogen and oxygen atoms in total. The molecule has 1 aromatic heterocycles. The Balaban J connectivity index is 2.27. The molecular formula is C13H17ClN4S. The first-order chi connectivity index (χ1) is 9.10. The Kier molecular flexibility index (Phi) is 4.85. The summed E-state index contributed by atoms with van der Waals surface area (Å²) in [6.07, 6.45) is 3.48. The second kappa shape index (κ2) is 6.41. The summed E-state index contributed by atoms with van der Waals surface area (Å²) in [5, 5.41) is 9.53. The van der Waals surface area contributed by atoms with Crippen LogP contribution in [0.3, 0.4) is 0 Å². The summed E-state index contributed by atoms with van der Waals surface area (Å²) in [4.78, 5) is 1.09. The Morgan fingerprint density at radius 3 is 2.89 bits per heavy atom. The Hall–Kier alpha value is -1.04. The number of aromatic nitrogens is 3. The Morgan fingerprint density at radius 1 is 1.47 bits per heavy atom. The van der Waals surface area contributed by atoms with Crippen molar-refractivity contribution in [3.8, 4) is 0 Å². The van der Waals surface area contributed by atoms with Crippen LogP contribution in [0.5, 0.6) is 0 Å². The molecule has 0 fully saturated rings. The van der Waals surface area contributed by atoms with E-state index in [1.54, 1.807) is 18.1 Å². The molecule has 0 aliphatic rings. The lowest BCUT2D eigenvalue weighted by molar-refractivity contribution is 0.641.